The SMILES string of the molecule is Cc1nc(C)c2nc(-c3ccc(C)c4c3sc3cc(-c5ccccc5)ccc34)n(-c3ccccc3)c2c1C. The van der Waals surface area contributed by atoms with Crippen LogP contribution in [0, 0.1) is 27.7 Å². The van der Waals surface area contributed by atoms with Crippen LogP contribution in [-0.2, 0) is 0 Å². The standard InChI is InChI=1S/C34H27N3S/c1-20-15-17-28(33-30(20)27-18-16-25(19-29(27)38-33)24-11-7-5-8-12-24)34-36-31-23(4)35-22(3)21(2)32(31)37(34)26-13-9-6-10-14-26/h5-19H,1-4H3. The van der Waals surface area contributed by atoms with E-state index in [-0.39, 0.29) is 0 Å². The largest absolute Gasteiger partial charge is 0.292 e. The summed E-state index contributed by atoms with van der Waals surface area (Å²) in [5, 5.41) is 2.62. The molecule has 0 aliphatic rings. The van der Waals surface area contributed by atoms with Gasteiger partial charge in [-0.1, -0.05) is 66.7 Å². The lowest BCUT2D eigenvalue weighted by molar-refractivity contribution is 1.08. The van der Waals surface area contributed by atoms with Crippen molar-refractivity contribution in [2.24, 2.45) is 0 Å². The summed E-state index contributed by atoms with van der Waals surface area (Å²) in [6.07, 6.45) is 0. The van der Waals surface area contributed by atoms with Crippen molar-refractivity contribution in [3.63, 3.8) is 0 Å². The highest BCUT2D eigenvalue weighted by Crippen LogP contribution is 2.44. The number of hydrogen-bond donors (Lipinski definition) is 0. The molecule has 0 aliphatic carbocycles. The second-order valence-corrected chi connectivity index (χ2v) is 11.1. The number of nitrogens with zero attached hydrogens (tertiary/aromatic N) is 3. The van der Waals surface area contributed by atoms with Gasteiger partial charge in [-0.15, -0.1) is 11.3 Å². The van der Waals surface area contributed by atoms with Crippen molar-refractivity contribution in [1.82, 2.24) is 14.5 Å². The Morgan fingerprint density at radius 2 is 1.42 bits per heavy atom. The van der Waals surface area contributed by atoms with Crippen molar-refractivity contribution < 1.29 is 0 Å². The van der Waals surface area contributed by atoms with E-state index >= 15 is 0 Å². The van der Waals surface area contributed by atoms with Crippen LogP contribution >= 0.6 is 11.3 Å². The Bertz CT molecular complexity index is 2000. The molecule has 0 fully saturated rings. The molecule has 4 heteroatoms. The summed E-state index contributed by atoms with van der Waals surface area (Å²) in [7, 11) is 0. The molecule has 4 aromatic carbocycles. The maximum atomic E-state index is 5.28. The van der Waals surface area contributed by atoms with Crippen molar-refractivity contribution in [2.75, 3.05) is 0 Å². The molecule has 0 radical (unpaired) electrons. The third-order valence-corrected chi connectivity index (χ3v) is 8.83. The molecule has 0 saturated carbocycles. The molecular formula is C34H27N3S. The van der Waals surface area contributed by atoms with Crippen molar-refractivity contribution >= 4 is 42.5 Å². The summed E-state index contributed by atoms with van der Waals surface area (Å²) < 4.78 is 4.90. The highest BCUT2D eigenvalue weighted by atomic mass is 32.1. The Morgan fingerprint density at radius 3 is 2.18 bits per heavy atom. The van der Waals surface area contributed by atoms with E-state index in [2.05, 4.69) is 123 Å². The van der Waals surface area contributed by atoms with Gasteiger partial charge in [-0.3, -0.25) is 9.55 Å². The van der Waals surface area contributed by atoms with Crippen LogP contribution < -0.4 is 0 Å². The van der Waals surface area contributed by atoms with E-state index < -0.39 is 0 Å². The molecule has 3 heterocycles. The van der Waals surface area contributed by atoms with Crippen molar-refractivity contribution in [1.29, 1.82) is 0 Å². The van der Waals surface area contributed by atoms with E-state index in [0.29, 0.717) is 0 Å². The minimum Gasteiger partial charge on any atom is -0.292 e. The molecule has 0 atom stereocenters. The predicted molar refractivity (Wildman–Crippen MR) is 162 cm³/mol. The molecule has 38 heavy (non-hydrogen) atoms. The third-order valence-electron chi connectivity index (χ3n) is 7.64. The van der Waals surface area contributed by atoms with Gasteiger partial charge in [-0.05, 0) is 74.2 Å². The molecule has 3 aromatic heterocycles. The molecule has 0 N–H and O–H groups in total. The van der Waals surface area contributed by atoms with Crippen LogP contribution in [0.3, 0.4) is 0 Å². The molecule has 7 rings (SSSR count). The fraction of sp³-hybridized carbons (Fsp3) is 0.118. The van der Waals surface area contributed by atoms with Gasteiger partial charge in [0.2, 0.25) is 0 Å². The molecule has 0 spiro atoms. The molecule has 0 unspecified atom stereocenters. The quantitative estimate of drug-likeness (QED) is 0.237. The van der Waals surface area contributed by atoms with Gasteiger partial charge < -0.3 is 0 Å². The van der Waals surface area contributed by atoms with Crippen molar-refractivity contribution in [3.8, 4) is 28.2 Å². The number of rotatable bonds is 3. The van der Waals surface area contributed by atoms with E-state index in [1.54, 1.807) is 0 Å². The second-order valence-electron chi connectivity index (χ2n) is 10.0. The first-order valence-electron chi connectivity index (χ1n) is 12.9. The van der Waals surface area contributed by atoms with E-state index in [0.717, 1.165) is 39.5 Å². The summed E-state index contributed by atoms with van der Waals surface area (Å²) >= 11 is 1.86. The summed E-state index contributed by atoms with van der Waals surface area (Å²) in [4.78, 5) is 10.1. The van der Waals surface area contributed by atoms with Gasteiger partial charge in [0.15, 0.2) is 0 Å². The molecule has 0 bridgehead atoms. The van der Waals surface area contributed by atoms with Crippen LogP contribution in [0.25, 0.3) is 59.4 Å². The lowest BCUT2D eigenvalue weighted by Crippen LogP contribution is -2.00. The zero-order chi connectivity index (χ0) is 26.0. The Kier molecular flexibility index (Phi) is 5.20. The first-order chi connectivity index (χ1) is 18.5. The van der Waals surface area contributed by atoms with Crippen LogP contribution in [0.2, 0.25) is 0 Å². The van der Waals surface area contributed by atoms with Gasteiger partial charge in [0.05, 0.1) is 11.2 Å². The van der Waals surface area contributed by atoms with E-state index in [1.165, 1.54) is 42.4 Å². The fourth-order valence-electron chi connectivity index (χ4n) is 5.62. The Labute approximate surface area is 226 Å². The lowest BCUT2D eigenvalue weighted by atomic mass is 10.0. The van der Waals surface area contributed by atoms with Crippen LogP contribution in [0.1, 0.15) is 22.5 Å². The Hall–Kier alpha value is -4.28. The smallest absolute Gasteiger partial charge is 0.147 e. The zero-order valence-corrected chi connectivity index (χ0v) is 22.7. The van der Waals surface area contributed by atoms with Gasteiger partial charge >= 0.3 is 0 Å². The monoisotopic (exact) mass is 509 g/mol. The van der Waals surface area contributed by atoms with Gasteiger partial charge in [0, 0.05) is 37.1 Å². The lowest BCUT2D eigenvalue weighted by Gasteiger charge is -2.13. The van der Waals surface area contributed by atoms with Crippen molar-refractivity contribution in [2.45, 2.75) is 27.7 Å². The van der Waals surface area contributed by atoms with Gasteiger partial charge in [0.1, 0.15) is 11.3 Å². The first-order valence-corrected chi connectivity index (χ1v) is 13.8. The molecule has 7 aromatic rings. The van der Waals surface area contributed by atoms with E-state index in [9.17, 15) is 0 Å². The average Bonchev–Trinajstić information content (AvgIpc) is 3.53. The fourth-order valence-corrected chi connectivity index (χ4v) is 6.95. The first kappa shape index (κ1) is 22.9. The summed E-state index contributed by atoms with van der Waals surface area (Å²) in [5.74, 6) is 0.963. The Morgan fingerprint density at radius 1 is 0.684 bits per heavy atom. The number of fused-ring (bicyclic) bond motifs is 4. The van der Waals surface area contributed by atoms with E-state index in [4.69, 9.17) is 9.97 Å². The number of aryl methyl sites for hydroxylation is 4. The minimum atomic E-state index is 0.963. The molecule has 3 nitrogen and oxygen atoms in total. The molecule has 0 aliphatic heterocycles. The number of benzene rings is 4. The van der Waals surface area contributed by atoms with E-state index in [1.807, 2.05) is 11.3 Å². The second kappa shape index (κ2) is 8.64. The Balaban J connectivity index is 1.57. The highest BCUT2D eigenvalue weighted by Gasteiger charge is 2.22. The van der Waals surface area contributed by atoms with Crippen LogP contribution in [0.4, 0.5) is 0 Å². The number of pyridine rings is 1. The summed E-state index contributed by atoms with van der Waals surface area (Å²) in [6, 6.07) is 32.5. The van der Waals surface area contributed by atoms with Crippen molar-refractivity contribution in [3.05, 3.63) is 114 Å². The number of hydrogen-bond acceptors (Lipinski definition) is 3. The number of imidazole rings is 1. The summed E-state index contributed by atoms with van der Waals surface area (Å²) in [6.45, 7) is 8.52. The van der Waals surface area contributed by atoms with Gasteiger partial charge in [0.25, 0.3) is 0 Å². The summed E-state index contributed by atoms with van der Waals surface area (Å²) in [5.41, 5.74) is 11.3. The number of aromatic nitrogens is 3. The zero-order valence-electron chi connectivity index (χ0n) is 21.9. The highest BCUT2D eigenvalue weighted by molar-refractivity contribution is 7.26. The van der Waals surface area contributed by atoms with Gasteiger partial charge in [-0.25, -0.2) is 4.98 Å². The third kappa shape index (κ3) is 3.41. The topological polar surface area (TPSA) is 30.7 Å². The van der Waals surface area contributed by atoms with Crippen LogP contribution in [0.5, 0.6) is 0 Å². The average molecular weight is 510 g/mol. The molecule has 0 saturated heterocycles. The molecule has 0 amide bonds. The number of para-hydroxylation sites is 1. The maximum absolute atomic E-state index is 5.28. The molecule has 184 valence electrons. The minimum absolute atomic E-state index is 0.963. The van der Waals surface area contributed by atoms with Gasteiger partial charge in [-0.2, -0.15) is 0 Å². The molecular weight excluding hydrogens is 482 g/mol. The van der Waals surface area contributed by atoms with Crippen LogP contribution in [-0.4, -0.2) is 14.5 Å². The maximum Gasteiger partial charge on any atom is 0.147 e. The predicted octanol–water partition coefficient (Wildman–Crippen LogP) is 9.36. The number of thiophene rings is 1. The normalized spacial score (nSPS) is 11.7. The van der Waals surface area contributed by atoms with Crippen LogP contribution in [0.15, 0.2) is 91.0 Å².